The molecule has 4 nitrogen and oxygen atoms in total. The number of amides is 1. The van der Waals surface area contributed by atoms with Crippen molar-refractivity contribution >= 4 is 12.0 Å². The molecule has 0 aliphatic carbocycles. The van der Waals surface area contributed by atoms with Gasteiger partial charge in [-0.1, -0.05) is 12.1 Å². The van der Waals surface area contributed by atoms with Crippen molar-refractivity contribution in [1.29, 1.82) is 0 Å². The summed E-state index contributed by atoms with van der Waals surface area (Å²) in [5, 5.41) is 2.59. The standard InChI is InChI=1S/C13H15NO3/c1-10(15)14-7-6-11-2-4-12(5-3-11)16-8-13-9-17-13/h2-7,13H,8-9H2,1H3,(H,14,15)/b7-6+. The maximum absolute atomic E-state index is 10.6. The number of hydrogen-bond donors (Lipinski definition) is 1. The van der Waals surface area contributed by atoms with Gasteiger partial charge in [-0.15, -0.1) is 0 Å². The van der Waals surface area contributed by atoms with Gasteiger partial charge in [0.05, 0.1) is 6.61 Å². The fourth-order valence-electron chi connectivity index (χ4n) is 1.28. The third-order valence-corrected chi connectivity index (χ3v) is 2.28. The second-order valence-electron chi connectivity index (χ2n) is 3.87. The van der Waals surface area contributed by atoms with Crippen LogP contribution in [0, 0.1) is 0 Å². The lowest BCUT2D eigenvalue weighted by molar-refractivity contribution is -0.118. The molecular weight excluding hydrogens is 218 g/mol. The number of hydrogen-bond acceptors (Lipinski definition) is 3. The monoisotopic (exact) mass is 233 g/mol. The number of carbonyl (C=O) groups is 1. The van der Waals surface area contributed by atoms with Gasteiger partial charge in [-0.3, -0.25) is 4.79 Å². The van der Waals surface area contributed by atoms with E-state index in [9.17, 15) is 4.79 Å². The van der Waals surface area contributed by atoms with Crippen LogP contribution < -0.4 is 10.1 Å². The van der Waals surface area contributed by atoms with E-state index in [1.165, 1.54) is 6.92 Å². The molecule has 1 fully saturated rings. The van der Waals surface area contributed by atoms with Crippen molar-refractivity contribution in [3.63, 3.8) is 0 Å². The zero-order chi connectivity index (χ0) is 12.1. The minimum atomic E-state index is -0.0781. The Morgan fingerprint density at radius 1 is 1.53 bits per heavy atom. The topological polar surface area (TPSA) is 50.9 Å². The van der Waals surface area contributed by atoms with Crippen LogP contribution in [-0.4, -0.2) is 25.2 Å². The molecule has 1 aromatic rings. The first kappa shape index (κ1) is 11.7. The molecule has 1 unspecified atom stereocenters. The van der Waals surface area contributed by atoms with Gasteiger partial charge in [0.2, 0.25) is 5.91 Å². The highest BCUT2D eigenvalue weighted by atomic mass is 16.6. The zero-order valence-corrected chi connectivity index (χ0v) is 9.68. The van der Waals surface area contributed by atoms with Gasteiger partial charge in [-0.05, 0) is 23.8 Å². The zero-order valence-electron chi connectivity index (χ0n) is 9.68. The maximum Gasteiger partial charge on any atom is 0.220 e. The highest BCUT2D eigenvalue weighted by Crippen LogP contribution is 2.16. The Labute approximate surface area is 100 Å². The van der Waals surface area contributed by atoms with Crippen LogP contribution in [-0.2, 0) is 9.53 Å². The molecule has 0 spiro atoms. The normalized spacial score (nSPS) is 18.1. The van der Waals surface area contributed by atoms with Crippen molar-refractivity contribution in [3.8, 4) is 5.75 Å². The fourth-order valence-corrected chi connectivity index (χ4v) is 1.28. The maximum atomic E-state index is 10.6. The number of benzene rings is 1. The molecule has 17 heavy (non-hydrogen) atoms. The molecule has 0 aromatic heterocycles. The molecule has 1 N–H and O–H groups in total. The molecule has 1 atom stereocenters. The van der Waals surface area contributed by atoms with E-state index in [0.29, 0.717) is 6.61 Å². The van der Waals surface area contributed by atoms with E-state index < -0.39 is 0 Å². The molecule has 4 heteroatoms. The number of epoxide rings is 1. The van der Waals surface area contributed by atoms with Crippen LogP contribution in [0.15, 0.2) is 30.5 Å². The van der Waals surface area contributed by atoms with Gasteiger partial charge in [0.15, 0.2) is 0 Å². The van der Waals surface area contributed by atoms with Gasteiger partial charge < -0.3 is 14.8 Å². The van der Waals surface area contributed by atoms with Gasteiger partial charge in [-0.25, -0.2) is 0 Å². The Morgan fingerprint density at radius 3 is 2.82 bits per heavy atom. The van der Waals surface area contributed by atoms with Crippen LogP contribution in [0.2, 0.25) is 0 Å². The minimum absolute atomic E-state index is 0.0781. The van der Waals surface area contributed by atoms with Crippen LogP contribution in [0.3, 0.4) is 0 Å². The van der Waals surface area contributed by atoms with Crippen molar-refractivity contribution < 1.29 is 14.3 Å². The van der Waals surface area contributed by atoms with Crippen molar-refractivity contribution in [3.05, 3.63) is 36.0 Å². The molecule has 1 amide bonds. The molecule has 0 radical (unpaired) electrons. The average Bonchev–Trinajstić information content (AvgIpc) is 3.11. The van der Waals surface area contributed by atoms with E-state index in [4.69, 9.17) is 9.47 Å². The molecule has 1 aromatic carbocycles. The Hall–Kier alpha value is -1.81. The third-order valence-electron chi connectivity index (χ3n) is 2.28. The van der Waals surface area contributed by atoms with Gasteiger partial charge in [0, 0.05) is 13.1 Å². The van der Waals surface area contributed by atoms with E-state index in [0.717, 1.165) is 17.9 Å². The van der Waals surface area contributed by atoms with Crippen LogP contribution >= 0.6 is 0 Å². The lowest BCUT2D eigenvalue weighted by atomic mass is 10.2. The van der Waals surface area contributed by atoms with Crippen molar-refractivity contribution in [2.24, 2.45) is 0 Å². The predicted octanol–water partition coefficient (Wildman–Crippen LogP) is 1.57. The Balaban J connectivity index is 1.83. The van der Waals surface area contributed by atoms with Crippen molar-refractivity contribution in [2.45, 2.75) is 13.0 Å². The number of carbonyl (C=O) groups excluding carboxylic acids is 1. The van der Waals surface area contributed by atoms with E-state index in [1.54, 1.807) is 6.20 Å². The van der Waals surface area contributed by atoms with Crippen LogP contribution in [0.4, 0.5) is 0 Å². The molecule has 1 aliphatic heterocycles. The summed E-state index contributed by atoms with van der Waals surface area (Å²) in [6.45, 7) is 2.89. The van der Waals surface area contributed by atoms with Crippen LogP contribution in [0.25, 0.3) is 6.08 Å². The SMILES string of the molecule is CC(=O)N/C=C/c1ccc(OCC2CO2)cc1. The fraction of sp³-hybridized carbons (Fsp3) is 0.308. The molecule has 1 aliphatic rings. The Morgan fingerprint density at radius 2 is 2.24 bits per heavy atom. The van der Waals surface area contributed by atoms with E-state index >= 15 is 0 Å². The van der Waals surface area contributed by atoms with Gasteiger partial charge in [0.1, 0.15) is 18.5 Å². The molecule has 2 rings (SSSR count). The Kier molecular flexibility index (Phi) is 3.77. The number of ether oxygens (including phenoxy) is 2. The lowest BCUT2D eigenvalue weighted by Crippen LogP contribution is -2.10. The smallest absolute Gasteiger partial charge is 0.220 e. The van der Waals surface area contributed by atoms with Gasteiger partial charge >= 0.3 is 0 Å². The summed E-state index contributed by atoms with van der Waals surface area (Å²) in [5.74, 6) is 0.753. The van der Waals surface area contributed by atoms with Crippen LogP contribution in [0.5, 0.6) is 5.75 Å². The molecular formula is C13H15NO3. The molecule has 0 bridgehead atoms. The number of rotatable bonds is 5. The first-order valence-corrected chi connectivity index (χ1v) is 5.52. The lowest BCUT2D eigenvalue weighted by Gasteiger charge is -2.03. The van der Waals surface area contributed by atoms with E-state index in [2.05, 4.69) is 5.32 Å². The molecule has 90 valence electrons. The molecule has 1 saturated heterocycles. The largest absolute Gasteiger partial charge is 0.491 e. The van der Waals surface area contributed by atoms with Crippen molar-refractivity contribution in [2.75, 3.05) is 13.2 Å². The second-order valence-corrected chi connectivity index (χ2v) is 3.87. The summed E-state index contributed by atoms with van der Waals surface area (Å²) in [6.07, 6.45) is 3.72. The summed E-state index contributed by atoms with van der Waals surface area (Å²) in [6, 6.07) is 7.66. The first-order valence-electron chi connectivity index (χ1n) is 5.52. The molecule has 0 saturated carbocycles. The van der Waals surface area contributed by atoms with Gasteiger partial charge in [-0.2, -0.15) is 0 Å². The minimum Gasteiger partial charge on any atom is -0.491 e. The average molecular weight is 233 g/mol. The Bertz CT molecular complexity index is 407. The number of nitrogens with one attached hydrogen (secondary N) is 1. The van der Waals surface area contributed by atoms with E-state index in [1.807, 2.05) is 30.3 Å². The highest BCUT2D eigenvalue weighted by molar-refractivity contribution is 5.74. The molecule has 1 heterocycles. The third kappa shape index (κ3) is 4.28. The van der Waals surface area contributed by atoms with Gasteiger partial charge in [0.25, 0.3) is 0 Å². The summed E-state index contributed by atoms with van der Waals surface area (Å²) in [7, 11) is 0. The summed E-state index contributed by atoms with van der Waals surface area (Å²) < 4.78 is 10.6. The first-order chi connectivity index (χ1) is 8.24. The van der Waals surface area contributed by atoms with Crippen molar-refractivity contribution in [1.82, 2.24) is 5.32 Å². The summed E-state index contributed by atoms with van der Waals surface area (Å²) in [5.41, 5.74) is 1.01. The van der Waals surface area contributed by atoms with Crippen LogP contribution in [0.1, 0.15) is 12.5 Å². The highest BCUT2D eigenvalue weighted by Gasteiger charge is 2.22. The van der Waals surface area contributed by atoms with E-state index in [-0.39, 0.29) is 12.0 Å². The predicted molar refractivity (Wildman–Crippen MR) is 64.5 cm³/mol. The summed E-state index contributed by atoms with van der Waals surface area (Å²) >= 11 is 0. The quantitative estimate of drug-likeness (QED) is 0.785. The summed E-state index contributed by atoms with van der Waals surface area (Å²) in [4.78, 5) is 10.6. The second kappa shape index (κ2) is 5.50.